The highest BCUT2D eigenvalue weighted by Crippen LogP contribution is 2.33. The number of ether oxygens (including phenoxy) is 1. The Hall–Kier alpha value is -0.810. The van der Waals surface area contributed by atoms with Gasteiger partial charge in [-0.2, -0.15) is 0 Å². The molecule has 5 heteroatoms. The lowest BCUT2D eigenvalue weighted by Gasteiger charge is -2.32. The zero-order chi connectivity index (χ0) is 11.6. The summed E-state index contributed by atoms with van der Waals surface area (Å²) in [6, 6.07) is 0.146. The van der Waals surface area contributed by atoms with Crippen LogP contribution in [-0.4, -0.2) is 56.4 Å². The van der Waals surface area contributed by atoms with Crippen molar-refractivity contribution >= 4 is 6.03 Å². The van der Waals surface area contributed by atoms with Crippen LogP contribution in [0.15, 0.2) is 0 Å². The van der Waals surface area contributed by atoms with Crippen LogP contribution < -0.4 is 10.6 Å². The van der Waals surface area contributed by atoms with Crippen LogP contribution in [0.3, 0.4) is 0 Å². The smallest absolute Gasteiger partial charge is 0.317 e. The normalized spacial score (nSPS) is 28.0. The molecule has 0 aromatic rings. The van der Waals surface area contributed by atoms with Gasteiger partial charge < -0.3 is 20.3 Å². The lowest BCUT2D eigenvalue weighted by molar-refractivity contribution is -0.0193. The Morgan fingerprint density at radius 3 is 2.75 bits per heavy atom. The molecule has 5 nitrogen and oxygen atoms in total. The Morgan fingerprint density at radius 1 is 1.44 bits per heavy atom. The molecule has 16 heavy (non-hydrogen) atoms. The lowest BCUT2D eigenvalue weighted by atomic mass is 9.88. The minimum Gasteiger partial charge on any atom is -0.373 e. The van der Waals surface area contributed by atoms with E-state index in [1.807, 2.05) is 0 Å². The van der Waals surface area contributed by atoms with E-state index in [1.54, 1.807) is 19.0 Å². The predicted octanol–water partition coefficient (Wildman–Crippen LogP) is 0.169. The average molecular weight is 227 g/mol. The zero-order valence-corrected chi connectivity index (χ0v) is 10.1. The number of hydrogen-bond donors (Lipinski definition) is 2. The first-order valence-corrected chi connectivity index (χ1v) is 5.94. The molecule has 0 aromatic heterocycles. The van der Waals surface area contributed by atoms with Crippen LogP contribution in [0.2, 0.25) is 0 Å². The molecule has 2 amide bonds. The van der Waals surface area contributed by atoms with Gasteiger partial charge in [0.2, 0.25) is 0 Å². The molecular weight excluding hydrogens is 206 g/mol. The number of rotatable bonds is 1. The summed E-state index contributed by atoms with van der Waals surface area (Å²) in [5.74, 6) is 0. The predicted molar refractivity (Wildman–Crippen MR) is 61.4 cm³/mol. The monoisotopic (exact) mass is 227 g/mol. The standard InChI is InChI=1S/C11H21N3O2/c1-14(2)10(15)13-9-7-11(16-8-9)3-5-12-6-4-11/h9,12H,3-8H2,1-2H3,(H,13,15). The van der Waals surface area contributed by atoms with Gasteiger partial charge in [0.15, 0.2) is 0 Å². The SMILES string of the molecule is CN(C)C(=O)NC1COC2(CCNCC2)C1. The van der Waals surface area contributed by atoms with Crippen LogP contribution in [0.4, 0.5) is 4.79 Å². The summed E-state index contributed by atoms with van der Waals surface area (Å²) in [6.45, 7) is 2.70. The van der Waals surface area contributed by atoms with Crippen molar-refractivity contribution in [2.75, 3.05) is 33.8 Å². The topological polar surface area (TPSA) is 53.6 Å². The highest BCUT2D eigenvalue weighted by Gasteiger charge is 2.41. The fraction of sp³-hybridized carbons (Fsp3) is 0.909. The molecule has 0 bridgehead atoms. The number of piperidine rings is 1. The molecule has 0 aromatic carbocycles. The highest BCUT2D eigenvalue weighted by atomic mass is 16.5. The summed E-state index contributed by atoms with van der Waals surface area (Å²) < 4.78 is 5.90. The second kappa shape index (κ2) is 4.59. The first-order valence-electron chi connectivity index (χ1n) is 5.94. The van der Waals surface area contributed by atoms with E-state index < -0.39 is 0 Å². The number of nitrogens with zero attached hydrogens (tertiary/aromatic N) is 1. The maximum Gasteiger partial charge on any atom is 0.317 e. The van der Waals surface area contributed by atoms with E-state index in [0.717, 1.165) is 32.4 Å². The van der Waals surface area contributed by atoms with Gasteiger partial charge in [0.05, 0.1) is 18.2 Å². The third-order valence-corrected chi connectivity index (χ3v) is 3.46. The van der Waals surface area contributed by atoms with E-state index >= 15 is 0 Å². The van der Waals surface area contributed by atoms with Crippen molar-refractivity contribution in [3.63, 3.8) is 0 Å². The summed E-state index contributed by atoms with van der Waals surface area (Å²) in [6.07, 6.45) is 3.07. The average Bonchev–Trinajstić information content (AvgIpc) is 2.62. The van der Waals surface area contributed by atoms with Gasteiger partial charge in [-0.15, -0.1) is 0 Å². The van der Waals surface area contributed by atoms with E-state index in [2.05, 4.69) is 10.6 Å². The number of carbonyl (C=O) groups is 1. The van der Waals surface area contributed by atoms with Crippen molar-refractivity contribution in [3.05, 3.63) is 0 Å². The first kappa shape index (κ1) is 11.7. The second-order valence-electron chi connectivity index (χ2n) is 4.99. The Kier molecular flexibility index (Phi) is 3.35. The lowest BCUT2D eigenvalue weighted by Crippen LogP contribution is -2.44. The highest BCUT2D eigenvalue weighted by molar-refractivity contribution is 5.73. The molecule has 2 heterocycles. The Morgan fingerprint density at radius 2 is 2.12 bits per heavy atom. The van der Waals surface area contributed by atoms with E-state index in [-0.39, 0.29) is 17.7 Å². The molecule has 2 aliphatic heterocycles. The van der Waals surface area contributed by atoms with Crippen LogP contribution in [0.25, 0.3) is 0 Å². The van der Waals surface area contributed by atoms with Gasteiger partial charge in [-0.05, 0) is 32.4 Å². The number of amides is 2. The summed E-state index contributed by atoms with van der Waals surface area (Å²) in [5, 5.41) is 6.33. The summed E-state index contributed by atoms with van der Waals surface area (Å²) in [4.78, 5) is 13.1. The summed E-state index contributed by atoms with van der Waals surface area (Å²) in [5.41, 5.74) is 0.0233. The zero-order valence-electron chi connectivity index (χ0n) is 10.1. The molecular formula is C11H21N3O2. The molecule has 2 N–H and O–H groups in total. The summed E-state index contributed by atoms with van der Waals surface area (Å²) >= 11 is 0. The van der Waals surface area contributed by atoms with Gasteiger partial charge >= 0.3 is 6.03 Å². The van der Waals surface area contributed by atoms with Crippen molar-refractivity contribution in [2.45, 2.75) is 30.9 Å². The molecule has 92 valence electrons. The molecule has 1 spiro atoms. The largest absolute Gasteiger partial charge is 0.373 e. The molecule has 1 atom stereocenters. The fourth-order valence-electron chi connectivity index (χ4n) is 2.47. The van der Waals surface area contributed by atoms with Gasteiger partial charge in [0.1, 0.15) is 0 Å². The molecule has 2 rings (SSSR count). The Bertz CT molecular complexity index is 262. The maximum absolute atomic E-state index is 11.5. The van der Waals surface area contributed by atoms with Gasteiger partial charge in [-0.1, -0.05) is 0 Å². The number of nitrogens with one attached hydrogen (secondary N) is 2. The molecule has 0 saturated carbocycles. The van der Waals surface area contributed by atoms with Crippen LogP contribution in [0.5, 0.6) is 0 Å². The minimum atomic E-state index is -0.0282. The molecule has 0 aliphatic carbocycles. The van der Waals surface area contributed by atoms with Crippen molar-refractivity contribution in [1.29, 1.82) is 0 Å². The van der Waals surface area contributed by atoms with E-state index in [1.165, 1.54) is 0 Å². The first-order chi connectivity index (χ1) is 7.61. The van der Waals surface area contributed by atoms with Crippen molar-refractivity contribution in [1.82, 2.24) is 15.5 Å². The second-order valence-corrected chi connectivity index (χ2v) is 4.99. The van der Waals surface area contributed by atoms with Crippen molar-refractivity contribution in [2.24, 2.45) is 0 Å². The Balaban J connectivity index is 1.85. The summed E-state index contributed by atoms with van der Waals surface area (Å²) in [7, 11) is 3.51. The molecule has 2 aliphatic rings. The van der Waals surface area contributed by atoms with Crippen molar-refractivity contribution in [3.8, 4) is 0 Å². The maximum atomic E-state index is 11.5. The van der Waals surface area contributed by atoms with E-state index in [4.69, 9.17) is 4.74 Å². The van der Waals surface area contributed by atoms with E-state index in [9.17, 15) is 4.79 Å². The van der Waals surface area contributed by atoms with Gasteiger partial charge in [0, 0.05) is 14.1 Å². The van der Waals surface area contributed by atoms with Crippen molar-refractivity contribution < 1.29 is 9.53 Å². The third-order valence-electron chi connectivity index (χ3n) is 3.46. The molecule has 2 saturated heterocycles. The van der Waals surface area contributed by atoms with Gasteiger partial charge in [0.25, 0.3) is 0 Å². The van der Waals surface area contributed by atoms with Crippen LogP contribution in [0.1, 0.15) is 19.3 Å². The molecule has 1 unspecified atom stereocenters. The van der Waals surface area contributed by atoms with Crippen LogP contribution in [-0.2, 0) is 4.74 Å². The van der Waals surface area contributed by atoms with Gasteiger partial charge in [-0.25, -0.2) is 4.79 Å². The number of hydrogen-bond acceptors (Lipinski definition) is 3. The molecule has 2 fully saturated rings. The van der Waals surface area contributed by atoms with Crippen LogP contribution >= 0.6 is 0 Å². The Labute approximate surface area is 96.5 Å². The van der Waals surface area contributed by atoms with E-state index in [0.29, 0.717) is 6.61 Å². The van der Waals surface area contributed by atoms with Crippen LogP contribution in [0, 0.1) is 0 Å². The number of carbonyl (C=O) groups excluding carboxylic acids is 1. The molecule has 0 radical (unpaired) electrons. The minimum absolute atomic E-state index is 0.0233. The fourth-order valence-corrected chi connectivity index (χ4v) is 2.47. The number of urea groups is 1. The quantitative estimate of drug-likeness (QED) is 0.671. The third kappa shape index (κ3) is 2.47. The van der Waals surface area contributed by atoms with Gasteiger partial charge in [-0.3, -0.25) is 0 Å².